The minimum atomic E-state index is -0.325. The molecular formula is C21H24O3S. The van der Waals surface area contributed by atoms with E-state index in [-0.39, 0.29) is 5.97 Å². The average molecular weight is 356 g/mol. The monoisotopic (exact) mass is 356 g/mol. The van der Waals surface area contributed by atoms with Crippen LogP contribution in [0.25, 0.3) is 11.0 Å². The molecule has 3 rings (SSSR count). The number of ether oxygens (including phenoxy) is 1. The van der Waals surface area contributed by atoms with E-state index in [1.165, 1.54) is 5.56 Å². The van der Waals surface area contributed by atoms with Crippen LogP contribution in [-0.4, -0.2) is 12.6 Å². The van der Waals surface area contributed by atoms with Gasteiger partial charge in [-0.3, -0.25) is 0 Å². The van der Waals surface area contributed by atoms with E-state index in [1.807, 2.05) is 50.2 Å². The van der Waals surface area contributed by atoms with Crippen LogP contribution < -0.4 is 0 Å². The van der Waals surface area contributed by atoms with Gasteiger partial charge in [0.1, 0.15) is 16.9 Å². The van der Waals surface area contributed by atoms with E-state index in [0.29, 0.717) is 17.9 Å². The van der Waals surface area contributed by atoms with Crippen LogP contribution in [0.2, 0.25) is 0 Å². The molecule has 0 aliphatic carbocycles. The summed E-state index contributed by atoms with van der Waals surface area (Å²) in [7, 11) is 0. The first kappa shape index (κ1) is 19.1. The molecule has 3 nitrogen and oxygen atoms in total. The van der Waals surface area contributed by atoms with Crippen molar-refractivity contribution in [2.24, 2.45) is 0 Å². The zero-order chi connectivity index (χ0) is 18.2. The van der Waals surface area contributed by atoms with E-state index in [2.05, 4.69) is 12.1 Å². The van der Waals surface area contributed by atoms with Crippen molar-refractivity contribution >= 4 is 28.7 Å². The molecule has 0 radical (unpaired) electrons. The van der Waals surface area contributed by atoms with Gasteiger partial charge in [-0.1, -0.05) is 44.2 Å². The normalized spacial score (nSPS) is 10.2. The van der Waals surface area contributed by atoms with Crippen molar-refractivity contribution in [1.29, 1.82) is 0 Å². The summed E-state index contributed by atoms with van der Waals surface area (Å²) in [5, 5.41) is 0.819. The predicted molar refractivity (Wildman–Crippen MR) is 104 cm³/mol. The lowest BCUT2D eigenvalue weighted by atomic mass is 10.1. The molecule has 1 heterocycles. The molecule has 132 valence electrons. The predicted octanol–water partition coefficient (Wildman–Crippen LogP) is 6.24. The van der Waals surface area contributed by atoms with Gasteiger partial charge in [0.2, 0.25) is 0 Å². The van der Waals surface area contributed by atoms with Crippen molar-refractivity contribution in [2.75, 3.05) is 6.61 Å². The highest BCUT2D eigenvalue weighted by atomic mass is 32.2. The molecule has 0 amide bonds. The molecule has 0 aliphatic rings. The summed E-state index contributed by atoms with van der Waals surface area (Å²) in [6.45, 7) is 7.95. The van der Waals surface area contributed by atoms with Crippen LogP contribution in [-0.2, 0) is 10.5 Å². The van der Waals surface area contributed by atoms with Gasteiger partial charge in [-0.2, -0.15) is 0 Å². The lowest BCUT2D eigenvalue weighted by molar-refractivity contribution is 0.0526. The minimum absolute atomic E-state index is 0.325. The van der Waals surface area contributed by atoms with Gasteiger partial charge < -0.3 is 9.15 Å². The van der Waals surface area contributed by atoms with Gasteiger partial charge in [-0.15, -0.1) is 11.8 Å². The van der Waals surface area contributed by atoms with Crippen molar-refractivity contribution in [3.05, 3.63) is 65.4 Å². The lowest BCUT2D eigenvalue weighted by Gasteiger charge is -2.03. The topological polar surface area (TPSA) is 39.4 Å². The SMILES string of the molecule is CC.CCOC(=O)c1c(C)oc2ccc(SCc3ccccc3)cc12. The van der Waals surface area contributed by atoms with Crippen molar-refractivity contribution in [1.82, 2.24) is 0 Å². The summed E-state index contributed by atoms with van der Waals surface area (Å²) >= 11 is 1.74. The Morgan fingerprint density at radius 2 is 1.84 bits per heavy atom. The molecule has 0 N–H and O–H groups in total. The van der Waals surface area contributed by atoms with E-state index in [9.17, 15) is 4.79 Å². The third-order valence-electron chi connectivity index (χ3n) is 3.56. The molecule has 0 atom stereocenters. The molecule has 0 bridgehead atoms. The van der Waals surface area contributed by atoms with Crippen LogP contribution in [0.5, 0.6) is 0 Å². The van der Waals surface area contributed by atoms with Gasteiger partial charge in [0.05, 0.1) is 6.61 Å². The molecule has 0 aliphatic heterocycles. The molecule has 2 aromatic carbocycles. The van der Waals surface area contributed by atoms with Gasteiger partial charge in [0.25, 0.3) is 0 Å². The number of benzene rings is 2. The maximum absolute atomic E-state index is 12.1. The molecule has 0 unspecified atom stereocenters. The zero-order valence-electron chi connectivity index (χ0n) is 15.2. The number of carbonyl (C=O) groups excluding carboxylic acids is 1. The van der Waals surface area contributed by atoms with Crippen LogP contribution in [0.1, 0.15) is 42.5 Å². The first-order valence-electron chi connectivity index (χ1n) is 8.56. The number of hydrogen-bond acceptors (Lipinski definition) is 4. The molecule has 0 fully saturated rings. The molecule has 0 saturated carbocycles. The molecule has 4 heteroatoms. The van der Waals surface area contributed by atoms with Crippen molar-refractivity contribution in [3.8, 4) is 0 Å². The first-order chi connectivity index (χ1) is 12.2. The fourth-order valence-corrected chi connectivity index (χ4v) is 3.38. The van der Waals surface area contributed by atoms with Crippen LogP contribution >= 0.6 is 11.8 Å². The maximum atomic E-state index is 12.1. The molecule has 0 spiro atoms. The Morgan fingerprint density at radius 1 is 1.12 bits per heavy atom. The molecule has 25 heavy (non-hydrogen) atoms. The van der Waals surface area contributed by atoms with Gasteiger partial charge in [0, 0.05) is 16.0 Å². The summed E-state index contributed by atoms with van der Waals surface area (Å²) in [6.07, 6.45) is 0. The number of furan rings is 1. The Kier molecular flexibility index (Phi) is 7.14. The smallest absolute Gasteiger partial charge is 0.342 e. The number of aryl methyl sites for hydroxylation is 1. The van der Waals surface area contributed by atoms with E-state index in [1.54, 1.807) is 25.6 Å². The largest absolute Gasteiger partial charge is 0.462 e. The van der Waals surface area contributed by atoms with Crippen molar-refractivity contribution in [3.63, 3.8) is 0 Å². The van der Waals surface area contributed by atoms with E-state index < -0.39 is 0 Å². The summed E-state index contributed by atoms with van der Waals surface area (Å²) in [5.41, 5.74) is 2.52. The highest BCUT2D eigenvalue weighted by Crippen LogP contribution is 2.31. The van der Waals surface area contributed by atoms with E-state index >= 15 is 0 Å². The number of esters is 1. The first-order valence-corrected chi connectivity index (χ1v) is 9.54. The summed E-state index contributed by atoms with van der Waals surface area (Å²) in [6, 6.07) is 16.3. The Hall–Kier alpha value is -2.20. The Bertz CT molecular complexity index is 822. The molecule has 0 saturated heterocycles. The third-order valence-corrected chi connectivity index (χ3v) is 4.63. The highest BCUT2D eigenvalue weighted by Gasteiger charge is 2.19. The molecule has 3 aromatic rings. The van der Waals surface area contributed by atoms with Crippen LogP contribution in [0.4, 0.5) is 0 Å². The Balaban J connectivity index is 0.00000109. The molecule has 1 aromatic heterocycles. The summed E-state index contributed by atoms with van der Waals surface area (Å²) < 4.78 is 10.8. The number of fused-ring (bicyclic) bond motifs is 1. The van der Waals surface area contributed by atoms with E-state index in [0.717, 1.165) is 21.6 Å². The van der Waals surface area contributed by atoms with Crippen LogP contribution in [0.15, 0.2) is 57.8 Å². The Morgan fingerprint density at radius 3 is 2.52 bits per heavy atom. The van der Waals surface area contributed by atoms with Gasteiger partial charge in [0.15, 0.2) is 0 Å². The summed E-state index contributed by atoms with van der Waals surface area (Å²) in [5.74, 6) is 1.16. The highest BCUT2D eigenvalue weighted by molar-refractivity contribution is 7.98. The molecular weight excluding hydrogens is 332 g/mol. The third kappa shape index (κ3) is 4.67. The van der Waals surface area contributed by atoms with Crippen molar-refractivity contribution < 1.29 is 13.9 Å². The van der Waals surface area contributed by atoms with Gasteiger partial charge in [-0.25, -0.2) is 4.79 Å². The second-order valence-corrected chi connectivity index (χ2v) is 6.23. The van der Waals surface area contributed by atoms with Crippen molar-refractivity contribution in [2.45, 2.75) is 38.3 Å². The average Bonchev–Trinajstić information content (AvgIpc) is 2.98. The minimum Gasteiger partial charge on any atom is -0.462 e. The maximum Gasteiger partial charge on any atom is 0.342 e. The fraction of sp³-hybridized carbons (Fsp3) is 0.286. The number of carbonyl (C=O) groups is 1. The van der Waals surface area contributed by atoms with Crippen LogP contribution in [0.3, 0.4) is 0 Å². The second-order valence-electron chi connectivity index (χ2n) is 5.19. The fourth-order valence-electron chi connectivity index (χ4n) is 2.49. The van der Waals surface area contributed by atoms with E-state index in [4.69, 9.17) is 9.15 Å². The lowest BCUT2D eigenvalue weighted by Crippen LogP contribution is -2.05. The number of thioether (sulfide) groups is 1. The zero-order valence-corrected chi connectivity index (χ0v) is 16.0. The van der Waals surface area contributed by atoms with Gasteiger partial charge in [-0.05, 0) is 37.6 Å². The van der Waals surface area contributed by atoms with Crippen LogP contribution in [0, 0.1) is 6.92 Å². The number of hydrogen-bond donors (Lipinski definition) is 0. The Labute approximate surface area is 153 Å². The quantitative estimate of drug-likeness (QED) is 0.401. The standard InChI is InChI=1S/C19H18O3S.C2H6/c1-3-21-19(20)18-13(2)22-17-10-9-15(11-16(17)18)23-12-14-7-5-4-6-8-14;1-2/h4-11H,3,12H2,1-2H3;1-2H3. The second kappa shape index (κ2) is 9.33. The summed E-state index contributed by atoms with van der Waals surface area (Å²) in [4.78, 5) is 13.2. The van der Waals surface area contributed by atoms with Gasteiger partial charge >= 0.3 is 5.97 Å². The number of rotatable bonds is 5.